The minimum Gasteiger partial charge on any atom is -0.383 e. The molecule has 1 rings (SSSR count). The molecule has 1 unspecified atom stereocenters. The zero-order valence-corrected chi connectivity index (χ0v) is 12.9. The highest BCUT2D eigenvalue weighted by Crippen LogP contribution is 2.14. The number of hydrogen-bond donors (Lipinski definition) is 2. The number of methoxy groups -OCH3 is 1. The predicted molar refractivity (Wildman–Crippen MR) is 81.0 cm³/mol. The van der Waals surface area contributed by atoms with E-state index in [1.807, 2.05) is 13.8 Å². The van der Waals surface area contributed by atoms with Crippen molar-refractivity contribution in [2.75, 3.05) is 25.6 Å². The minimum absolute atomic E-state index is 0.0882. The van der Waals surface area contributed by atoms with Crippen LogP contribution in [0.3, 0.4) is 0 Å². The Morgan fingerprint density at radius 1 is 1.43 bits per heavy atom. The molecule has 1 aromatic heterocycles. The van der Waals surface area contributed by atoms with Crippen LogP contribution in [-0.4, -0.2) is 37.2 Å². The molecule has 2 N–H and O–H groups in total. The summed E-state index contributed by atoms with van der Waals surface area (Å²) < 4.78 is 18.5. The number of carbonyl (C=O) groups is 1. The van der Waals surface area contributed by atoms with Crippen molar-refractivity contribution in [3.63, 3.8) is 0 Å². The van der Waals surface area contributed by atoms with Crippen molar-refractivity contribution in [1.82, 2.24) is 10.3 Å². The van der Waals surface area contributed by atoms with Crippen LogP contribution in [0.5, 0.6) is 0 Å². The molecule has 118 valence electrons. The zero-order chi connectivity index (χ0) is 15.7. The fourth-order valence-corrected chi connectivity index (χ4v) is 2.01. The van der Waals surface area contributed by atoms with Gasteiger partial charge in [-0.1, -0.05) is 20.3 Å². The van der Waals surface area contributed by atoms with Crippen LogP contribution in [-0.2, 0) is 4.74 Å². The van der Waals surface area contributed by atoms with Crippen molar-refractivity contribution in [2.24, 2.45) is 0 Å². The summed E-state index contributed by atoms with van der Waals surface area (Å²) in [4.78, 5) is 16.3. The second-order valence-corrected chi connectivity index (χ2v) is 4.89. The van der Waals surface area contributed by atoms with E-state index in [4.69, 9.17) is 4.74 Å². The fraction of sp³-hybridized carbons (Fsp3) is 0.600. The average molecular weight is 297 g/mol. The van der Waals surface area contributed by atoms with Crippen LogP contribution in [0, 0.1) is 5.82 Å². The van der Waals surface area contributed by atoms with Crippen LogP contribution in [0.25, 0.3) is 0 Å². The summed E-state index contributed by atoms with van der Waals surface area (Å²) >= 11 is 0. The first-order valence-electron chi connectivity index (χ1n) is 7.31. The van der Waals surface area contributed by atoms with Gasteiger partial charge in [0.15, 0.2) is 0 Å². The Hall–Kier alpha value is -1.69. The third-order valence-corrected chi connectivity index (χ3v) is 2.98. The Balaban J connectivity index is 2.85. The van der Waals surface area contributed by atoms with Crippen LogP contribution in [0.1, 0.15) is 43.5 Å². The van der Waals surface area contributed by atoms with Crippen LogP contribution in [0.2, 0.25) is 0 Å². The minimum atomic E-state index is -0.527. The third kappa shape index (κ3) is 5.67. The smallest absolute Gasteiger partial charge is 0.255 e. The molecule has 0 saturated carbocycles. The van der Waals surface area contributed by atoms with Crippen LogP contribution in [0.15, 0.2) is 12.3 Å². The van der Waals surface area contributed by atoms with Crippen molar-refractivity contribution in [3.05, 3.63) is 23.6 Å². The van der Waals surface area contributed by atoms with E-state index < -0.39 is 5.82 Å². The molecule has 0 aliphatic heterocycles. The average Bonchev–Trinajstić information content (AvgIpc) is 2.46. The van der Waals surface area contributed by atoms with E-state index in [9.17, 15) is 9.18 Å². The number of anilines is 1. The molecule has 0 aliphatic carbocycles. The Kier molecular flexibility index (Phi) is 7.68. The van der Waals surface area contributed by atoms with Gasteiger partial charge in [-0.3, -0.25) is 4.79 Å². The topological polar surface area (TPSA) is 63.2 Å². The van der Waals surface area contributed by atoms with Gasteiger partial charge in [-0.25, -0.2) is 9.37 Å². The summed E-state index contributed by atoms with van der Waals surface area (Å²) in [6.07, 6.45) is 3.73. The Morgan fingerprint density at radius 2 is 2.19 bits per heavy atom. The number of carbonyl (C=O) groups excluding carboxylic acids is 1. The Morgan fingerprint density at radius 3 is 2.81 bits per heavy atom. The lowest BCUT2D eigenvalue weighted by Crippen LogP contribution is -2.38. The molecule has 0 aromatic carbocycles. The van der Waals surface area contributed by atoms with Gasteiger partial charge in [0.25, 0.3) is 5.91 Å². The largest absolute Gasteiger partial charge is 0.383 e. The summed E-state index contributed by atoms with van der Waals surface area (Å²) in [5.41, 5.74) is 0.223. The molecule has 1 heterocycles. The van der Waals surface area contributed by atoms with Crippen LogP contribution in [0.4, 0.5) is 10.2 Å². The van der Waals surface area contributed by atoms with Crippen molar-refractivity contribution in [1.29, 1.82) is 0 Å². The quantitative estimate of drug-likeness (QED) is 0.735. The normalized spacial score (nSPS) is 12.0. The molecule has 5 nitrogen and oxygen atoms in total. The lowest BCUT2D eigenvalue weighted by atomic mass is 10.1. The van der Waals surface area contributed by atoms with Gasteiger partial charge in [-0.2, -0.15) is 0 Å². The predicted octanol–water partition coefficient (Wildman–Crippen LogP) is 2.59. The molecule has 1 atom stereocenters. The van der Waals surface area contributed by atoms with Crippen LogP contribution < -0.4 is 10.6 Å². The molecular formula is C15H24FN3O2. The molecule has 0 aliphatic rings. The van der Waals surface area contributed by atoms with Crippen molar-refractivity contribution in [3.8, 4) is 0 Å². The van der Waals surface area contributed by atoms with Gasteiger partial charge in [0, 0.05) is 13.7 Å². The van der Waals surface area contributed by atoms with E-state index >= 15 is 0 Å². The maximum Gasteiger partial charge on any atom is 0.255 e. The van der Waals surface area contributed by atoms with Gasteiger partial charge in [0.1, 0.15) is 11.6 Å². The number of rotatable bonds is 9. The standard InChI is InChI=1S/C15H24FN3O2/c1-4-6-12(10-21-3)19-15(20)13-8-11(16)9-18-14(13)17-7-5-2/h8-9,12H,4-7,10H2,1-3H3,(H,17,18)(H,19,20). The number of nitrogens with one attached hydrogen (secondary N) is 2. The number of nitrogens with zero attached hydrogens (tertiary/aromatic N) is 1. The van der Waals surface area contributed by atoms with Crippen molar-refractivity contribution in [2.45, 2.75) is 39.2 Å². The maximum atomic E-state index is 13.4. The van der Waals surface area contributed by atoms with Gasteiger partial charge in [0.2, 0.25) is 0 Å². The van der Waals surface area contributed by atoms with E-state index in [1.54, 1.807) is 7.11 Å². The van der Waals surface area contributed by atoms with Crippen molar-refractivity contribution < 1.29 is 13.9 Å². The molecule has 0 spiro atoms. The number of amides is 1. The van der Waals surface area contributed by atoms with Gasteiger partial charge >= 0.3 is 0 Å². The molecule has 1 amide bonds. The number of ether oxygens (including phenoxy) is 1. The third-order valence-electron chi connectivity index (χ3n) is 2.98. The van der Waals surface area contributed by atoms with Crippen LogP contribution >= 0.6 is 0 Å². The summed E-state index contributed by atoms with van der Waals surface area (Å²) in [6.45, 7) is 5.15. The highest BCUT2D eigenvalue weighted by molar-refractivity contribution is 5.98. The van der Waals surface area contributed by atoms with Gasteiger partial charge in [-0.15, -0.1) is 0 Å². The molecule has 0 fully saturated rings. The summed E-state index contributed by atoms with van der Waals surface area (Å²) in [7, 11) is 1.59. The first kappa shape index (κ1) is 17.4. The van der Waals surface area contributed by atoms with Crippen molar-refractivity contribution >= 4 is 11.7 Å². The first-order chi connectivity index (χ1) is 10.1. The van der Waals surface area contributed by atoms with E-state index in [2.05, 4.69) is 15.6 Å². The molecule has 0 radical (unpaired) electrons. The van der Waals surface area contributed by atoms with E-state index in [0.717, 1.165) is 25.5 Å². The maximum absolute atomic E-state index is 13.4. The number of aromatic nitrogens is 1. The fourth-order valence-electron chi connectivity index (χ4n) is 2.01. The molecule has 1 aromatic rings. The zero-order valence-electron chi connectivity index (χ0n) is 12.9. The van der Waals surface area contributed by atoms with Gasteiger partial charge in [0.05, 0.1) is 24.4 Å². The van der Waals surface area contributed by atoms with Gasteiger partial charge < -0.3 is 15.4 Å². The second-order valence-electron chi connectivity index (χ2n) is 4.89. The molecule has 0 bridgehead atoms. The SMILES string of the molecule is CCCNc1ncc(F)cc1C(=O)NC(CCC)COC. The molecule has 21 heavy (non-hydrogen) atoms. The van der Waals surface area contributed by atoms with E-state index in [0.29, 0.717) is 19.0 Å². The Bertz CT molecular complexity index is 449. The highest BCUT2D eigenvalue weighted by Gasteiger charge is 2.17. The molecular weight excluding hydrogens is 273 g/mol. The summed E-state index contributed by atoms with van der Waals surface area (Å²) in [5.74, 6) is -0.458. The van der Waals surface area contributed by atoms with E-state index in [1.165, 1.54) is 6.07 Å². The lowest BCUT2D eigenvalue weighted by Gasteiger charge is -2.18. The summed E-state index contributed by atoms with van der Waals surface area (Å²) in [6, 6.07) is 1.12. The highest BCUT2D eigenvalue weighted by atomic mass is 19.1. The Labute approximate surface area is 125 Å². The molecule has 0 saturated heterocycles. The van der Waals surface area contributed by atoms with Gasteiger partial charge in [-0.05, 0) is 18.9 Å². The van der Waals surface area contributed by atoms with E-state index in [-0.39, 0.29) is 17.5 Å². The molecule has 6 heteroatoms. The number of halogens is 1. The summed E-state index contributed by atoms with van der Waals surface area (Å²) in [5, 5.41) is 5.91. The number of pyridine rings is 1. The lowest BCUT2D eigenvalue weighted by molar-refractivity contribution is 0.0891. The number of hydrogen-bond acceptors (Lipinski definition) is 4. The first-order valence-corrected chi connectivity index (χ1v) is 7.31. The second kappa shape index (κ2) is 9.28. The monoisotopic (exact) mass is 297 g/mol.